The number of rotatable bonds is 8. The molecular formula is C25H41N3O4S2. The molecule has 0 aliphatic rings. The van der Waals surface area contributed by atoms with Gasteiger partial charge in [0.05, 0.1) is 4.90 Å². The van der Waals surface area contributed by atoms with E-state index in [1.807, 2.05) is 31.4 Å². The van der Waals surface area contributed by atoms with Crippen molar-refractivity contribution in [1.29, 1.82) is 0 Å². The van der Waals surface area contributed by atoms with Gasteiger partial charge in [-0.05, 0) is 68.4 Å². The second-order valence-corrected chi connectivity index (χ2v) is 14.3. The van der Waals surface area contributed by atoms with Crippen molar-refractivity contribution in [3.05, 3.63) is 35.5 Å². The predicted molar refractivity (Wildman–Crippen MR) is 139 cm³/mol. The van der Waals surface area contributed by atoms with E-state index in [1.54, 1.807) is 45.9 Å². The van der Waals surface area contributed by atoms with E-state index >= 15 is 0 Å². The van der Waals surface area contributed by atoms with Gasteiger partial charge in [0.2, 0.25) is 20.0 Å². The zero-order chi connectivity index (χ0) is 26.3. The number of hydrogen-bond acceptors (Lipinski definition) is 4. The molecule has 192 valence electrons. The van der Waals surface area contributed by atoms with Crippen molar-refractivity contribution in [2.75, 3.05) is 0 Å². The third kappa shape index (κ3) is 6.50. The van der Waals surface area contributed by atoms with Gasteiger partial charge in [0.25, 0.3) is 0 Å². The van der Waals surface area contributed by atoms with Gasteiger partial charge in [-0.3, -0.25) is 0 Å². The van der Waals surface area contributed by atoms with Gasteiger partial charge in [-0.2, -0.15) is 0 Å². The maximum atomic E-state index is 13.2. The van der Waals surface area contributed by atoms with Gasteiger partial charge in [-0.15, -0.1) is 0 Å². The molecule has 0 unspecified atom stereocenters. The Hall–Kier alpha value is -1.68. The molecule has 2 rings (SSSR count). The van der Waals surface area contributed by atoms with Crippen LogP contribution < -0.4 is 9.86 Å². The zero-order valence-electron chi connectivity index (χ0n) is 22.0. The fraction of sp³-hybridized carbons (Fsp3) is 0.600. The molecule has 0 saturated heterocycles. The van der Waals surface area contributed by atoms with E-state index in [1.165, 1.54) is 0 Å². The average molecular weight is 512 g/mol. The highest BCUT2D eigenvalue weighted by Crippen LogP contribution is 2.36. The van der Waals surface area contributed by atoms with Gasteiger partial charge in [0.15, 0.2) is 0 Å². The summed E-state index contributed by atoms with van der Waals surface area (Å²) in [6.07, 6.45) is 1.92. The molecule has 1 heterocycles. The van der Waals surface area contributed by atoms with Crippen LogP contribution in [0.25, 0.3) is 11.3 Å². The minimum absolute atomic E-state index is 0.0943. The lowest BCUT2D eigenvalue weighted by atomic mass is 9.85. The number of aromatic nitrogens is 1. The molecule has 2 aromatic rings. The highest BCUT2D eigenvalue weighted by atomic mass is 32.2. The Morgan fingerprint density at radius 2 is 1.50 bits per heavy atom. The van der Waals surface area contributed by atoms with E-state index < -0.39 is 31.0 Å². The lowest BCUT2D eigenvalue weighted by Gasteiger charge is -2.27. The SMILES string of the molecule is CCC(CC)Cn1c(-c2ccc(S(=O)(=O)NC(C)(C)C)c(C(C)(C)C)c2)cc(S(N)(=O)=O)c1C. The quantitative estimate of drug-likeness (QED) is 0.524. The second-order valence-electron chi connectivity index (χ2n) is 11.1. The molecule has 0 aliphatic carbocycles. The Labute approximate surface area is 206 Å². The molecule has 7 nitrogen and oxygen atoms in total. The molecule has 34 heavy (non-hydrogen) atoms. The van der Waals surface area contributed by atoms with Gasteiger partial charge in [0.1, 0.15) is 4.90 Å². The molecule has 1 aromatic heterocycles. The minimum atomic E-state index is -3.91. The van der Waals surface area contributed by atoms with Crippen LogP contribution in [-0.4, -0.2) is 26.9 Å². The standard InChI is InChI=1S/C25H41N3O4S2/c1-10-18(11-2)16-28-17(3)23(33(26,29)30)15-21(28)19-12-13-22(20(14-19)24(4,5)6)34(31,32)27-25(7,8)9/h12-15,18,27H,10-11,16H2,1-9H3,(H2,26,29,30). The molecule has 1 aromatic carbocycles. The van der Waals surface area contributed by atoms with E-state index in [4.69, 9.17) is 5.14 Å². The number of nitrogens with one attached hydrogen (secondary N) is 1. The van der Waals surface area contributed by atoms with E-state index in [9.17, 15) is 16.8 Å². The van der Waals surface area contributed by atoms with Crippen LogP contribution in [0, 0.1) is 12.8 Å². The van der Waals surface area contributed by atoms with Gasteiger partial charge in [0, 0.05) is 23.5 Å². The average Bonchev–Trinajstić information content (AvgIpc) is 2.99. The first kappa shape index (κ1) is 28.6. The minimum Gasteiger partial charge on any atom is -0.343 e. The number of primary sulfonamides is 1. The van der Waals surface area contributed by atoms with Crippen molar-refractivity contribution in [3.8, 4) is 11.3 Å². The maximum Gasteiger partial charge on any atom is 0.241 e. The molecule has 0 radical (unpaired) electrons. The molecule has 9 heteroatoms. The molecule has 0 aliphatic heterocycles. The van der Waals surface area contributed by atoms with Crippen molar-refractivity contribution in [2.24, 2.45) is 11.1 Å². The second kappa shape index (κ2) is 9.76. The number of nitrogens with two attached hydrogens (primary N) is 1. The Bertz CT molecular complexity index is 1240. The third-order valence-corrected chi connectivity index (χ3v) is 8.88. The summed E-state index contributed by atoms with van der Waals surface area (Å²) in [5, 5.41) is 5.52. The largest absolute Gasteiger partial charge is 0.343 e. The lowest BCUT2D eigenvalue weighted by molar-refractivity contribution is 0.416. The summed E-state index contributed by atoms with van der Waals surface area (Å²) in [6.45, 7) is 18.0. The summed E-state index contributed by atoms with van der Waals surface area (Å²) in [5.74, 6) is 0.371. The summed E-state index contributed by atoms with van der Waals surface area (Å²) in [6, 6.07) is 6.83. The van der Waals surface area contributed by atoms with Crippen molar-refractivity contribution in [1.82, 2.24) is 9.29 Å². The molecule has 3 N–H and O–H groups in total. The molecular weight excluding hydrogens is 470 g/mol. The first-order chi connectivity index (χ1) is 15.3. The first-order valence-electron chi connectivity index (χ1n) is 11.7. The molecule has 0 spiro atoms. The van der Waals surface area contributed by atoms with E-state index in [0.717, 1.165) is 18.4 Å². The Morgan fingerprint density at radius 1 is 0.941 bits per heavy atom. The fourth-order valence-electron chi connectivity index (χ4n) is 4.16. The highest BCUT2D eigenvalue weighted by Gasteiger charge is 2.30. The van der Waals surface area contributed by atoms with Gasteiger partial charge >= 0.3 is 0 Å². The summed E-state index contributed by atoms with van der Waals surface area (Å²) in [4.78, 5) is 0.317. The molecule has 0 fully saturated rings. The van der Waals surface area contributed by atoms with Crippen molar-refractivity contribution >= 4 is 20.0 Å². The van der Waals surface area contributed by atoms with Crippen LogP contribution in [-0.2, 0) is 32.0 Å². The maximum absolute atomic E-state index is 13.2. The Balaban J connectivity index is 2.82. The van der Waals surface area contributed by atoms with Crippen LogP contribution in [0.2, 0.25) is 0 Å². The summed E-state index contributed by atoms with van der Waals surface area (Å²) < 4.78 is 55.8. The Morgan fingerprint density at radius 3 is 1.94 bits per heavy atom. The zero-order valence-corrected chi connectivity index (χ0v) is 23.6. The van der Waals surface area contributed by atoms with Crippen LogP contribution in [0.5, 0.6) is 0 Å². The Kier molecular flexibility index (Phi) is 8.20. The van der Waals surface area contributed by atoms with Crippen LogP contribution >= 0.6 is 0 Å². The van der Waals surface area contributed by atoms with Gasteiger partial charge < -0.3 is 4.57 Å². The van der Waals surface area contributed by atoms with Gasteiger partial charge in [-0.25, -0.2) is 26.7 Å². The monoisotopic (exact) mass is 511 g/mol. The summed E-state index contributed by atoms with van der Waals surface area (Å²) in [5.41, 5.74) is 1.62. The van der Waals surface area contributed by atoms with Crippen LogP contribution in [0.3, 0.4) is 0 Å². The van der Waals surface area contributed by atoms with Crippen LogP contribution in [0.1, 0.15) is 79.5 Å². The van der Waals surface area contributed by atoms with E-state index in [-0.39, 0.29) is 9.79 Å². The van der Waals surface area contributed by atoms with Crippen molar-refractivity contribution in [2.45, 2.75) is 102 Å². The fourth-order valence-corrected chi connectivity index (χ4v) is 6.77. The van der Waals surface area contributed by atoms with E-state index in [2.05, 4.69) is 18.6 Å². The smallest absolute Gasteiger partial charge is 0.241 e. The first-order valence-corrected chi connectivity index (χ1v) is 14.8. The molecule has 0 amide bonds. The lowest BCUT2D eigenvalue weighted by Crippen LogP contribution is -2.41. The molecule has 0 atom stereocenters. The number of sulfonamides is 2. The summed E-state index contributed by atoms with van der Waals surface area (Å²) >= 11 is 0. The molecule has 0 bridgehead atoms. The highest BCUT2D eigenvalue weighted by molar-refractivity contribution is 7.89. The van der Waals surface area contributed by atoms with Gasteiger partial charge in [-0.1, -0.05) is 53.5 Å². The number of nitrogens with zero attached hydrogens (tertiary/aromatic N) is 1. The predicted octanol–water partition coefficient (Wildman–Crippen LogP) is 4.92. The van der Waals surface area contributed by atoms with Crippen LogP contribution in [0.4, 0.5) is 0 Å². The van der Waals surface area contributed by atoms with E-state index in [0.29, 0.717) is 29.4 Å². The summed E-state index contributed by atoms with van der Waals surface area (Å²) in [7, 11) is -7.68. The normalized spacial score (nSPS) is 13.6. The number of benzene rings is 1. The van der Waals surface area contributed by atoms with Crippen molar-refractivity contribution in [3.63, 3.8) is 0 Å². The third-order valence-electron chi connectivity index (χ3n) is 6.04. The molecule has 0 saturated carbocycles. The topological polar surface area (TPSA) is 111 Å². The van der Waals surface area contributed by atoms with Crippen molar-refractivity contribution < 1.29 is 16.8 Å². The van der Waals surface area contributed by atoms with Crippen LogP contribution in [0.15, 0.2) is 34.1 Å². The number of hydrogen-bond donors (Lipinski definition) is 2.